The summed E-state index contributed by atoms with van der Waals surface area (Å²) in [6.45, 7) is 0. The van der Waals surface area contributed by atoms with Crippen molar-refractivity contribution in [1.29, 1.82) is 0 Å². The average molecular weight is 262 g/mol. The summed E-state index contributed by atoms with van der Waals surface area (Å²) in [5, 5.41) is 3.55. The Hall–Kier alpha value is -1.36. The zero-order valence-corrected chi connectivity index (χ0v) is 11.7. The summed E-state index contributed by atoms with van der Waals surface area (Å²) >= 11 is 0. The lowest BCUT2D eigenvalue weighted by Gasteiger charge is -2.47. The minimum atomic E-state index is 0.520. The van der Waals surface area contributed by atoms with Crippen molar-refractivity contribution in [2.24, 2.45) is 0 Å². The number of fused-ring (bicyclic) bond motifs is 2. The van der Waals surface area contributed by atoms with Gasteiger partial charge in [-0.2, -0.15) is 0 Å². The normalized spacial score (nSPS) is 30.9. The van der Waals surface area contributed by atoms with Gasteiger partial charge in [0.25, 0.3) is 0 Å². The number of piperidine rings is 2. The van der Waals surface area contributed by atoms with Gasteiger partial charge in [0, 0.05) is 24.2 Å². The molecular formula is C14H22N4O. The number of nitrogens with zero attached hydrogens (tertiary/aromatic N) is 3. The van der Waals surface area contributed by atoms with Crippen LogP contribution in [0, 0.1) is 0 Å². The molecule has 0 spiro atoms. The average Bonchev–Trinajstić information content (AvgIpc) is 2.40. The Kier molecular flexibility index (Phi) is 3.55. The Morgan fingerprint density at radius 3 is 2.68 bits per heavy atom. The molecule has 2 fully saturated rings. The topological polar surface area (TPSA) is 50.3 Å². The maximum absolute atomic E-state index is 5.14. The SMILES string of the molecule is COc1cc(NC2CC3CCCC(C2)N3C)ncn1. The predicted molar refractivity (Wildman–Crippen MR) is 74.4 cm³/mol. The van der Waals surface area contributed by atoms with E-state index < -0.39 is 0 Å². The van der Waals surface area contributed by atoms with Crippen molar-refractivity contribution >= 4 is 5.82 Å². The molecule has 1 N–H and O–H groups in total. The van der Waals surface area contributed by atoms with Crippen LogP contribution in [0.1, 0.15) is 32.1 Å². The number of hydrogen-bond acceptors (Lipinski definition) is 5. The fourth-order valence-electron chi connectivity index (χ4n) is 3.47. The highest BCUT2D eigenvalue weighted by Gasteiger charge is 2.35. The lowest BCUT2D eigenvalue weighted by molar-refractivity contribution is 0.0608. The van der Waals surface area contributed by atoms with Crippen LogP contribution in [0.2, 0.25) is 0 Å². The number of ether oxygens (including phenoxy) is 1. The van der Waals surface area contributed by atoms with Gasteiger partial charge in [-0.25, -0.2) is 9.97 Å². The minimum Gasteiger partial charge on any atom is -0.481 e. The van der Waals surface area contributed by atoms with Gasteiger partial charge < -0.3 is 15.0 Å². The van der Waals surface area contributed by atoms with E-state index in [-0.39, 0.29) is 0 Å². The Morgan fingerprint density at radius 2 is 2.00 bits per heavy atom. The Morgan fingerprint density at radius 1 is 1.26 bits per heavy atom. The van der Waals surface area contributed by atoms with Crippen LogP contribution in [0.4, 0.5) is 5.82 Å². The second kappa shape index (κ2) is 5.33. The van der Waals surface area contributed by atoms with E-state index >= 15 is 0 Å². The highest BCUT2D eigenvalue weighted by Crippen LogP contribution is 2.33. The Balaban J connectivity index is 1.67. The van der Waals surface area contributed by atoms with Crippen LogP contribution in [0.5, 0.6) is 5.88 Å². The molecule has 3 heterocycles. The van der Waals surface area contributed by atoms with Gasteiger partial charge >= 0.3 is 0 Å². The summed E-state index contributed by atoms with van der Waals surface area (Å²) in [5.74, 6) is 1.49. The molecule has 104 valence electrons. The zero-order chi connectivity index (χ0) is 13.2. The molecule has 2 unspecified atom stereocenters. The van der Waals surface area contributed by atoms with Gasteiger partial charge in [0.05, 0.1) is 7.11 Å². The molecular weight excluding hydrogens is 240 g/mol. The second-order valence-corrected chi connectivity index (χ2v) is 5.66. The maximum Gasteiger partial charge on any atom is 0.218 e. The summed E-state index contributed by atoms with van der Waals surface area (Å²) in [6, 6.07) is 3.85. The Labute approximate surface area is 114 Å². The van der Waals surface area contributed by atoms with E-state index in [0.29, 0.717) is 11.9 Å². The van der Waals surface area contributed by atoms with Gasteiger partial charge in [0.2, 0.25) is 5.88 Å². The molecule has 1 aromatic heterocycles. The van der Waals surface area contributed by atoms with Crippen molar-refractivity contribution in [3.8, 4) is 5.88 Å². The quantitative estimate of drug-likeness (QED) is 0.902. The summed E-state index contributed by atoms with van der Waals surface area (Å²) in [7, 11) is 3.91. The summed E-state index contributed by atoms with van der Waals surface area (Å²) in [6.07, 6.45) is 8.01. The van der Waals surface area contributed by atoms with Gasteiger partial charge in [-0.1, -0.05) is 6.42 Å². The molecule has 19 heavy (non-hydrogen) atoms. The Bertz CT molecular complexity index is 425. The molecule has 2 bridgehead atoms. The molecule has 0 aromatic carbocycles. The van der Waals surface area contributed by atoms with E-state index in [1.807, 2.05) is 6.07 Å². The molecule has 5 heteroatoms. The molecule has 2 atom stereocenters. The zero-order valence-electron chi connectivity index (χ0n) is 11.7. The van der Waals surface area contributed by atoms with E-state index in [0.717, 1.165) is 17.9 Å². The molecule has 0 radical (unpaired) electrons. The molecule has 3 rings (SSSR count). The molecule has 0 saturated carbocycles. The highest BCUT2D eigenvalue weighted by molar-refractivity contribution is 5.38. The number of methoxy groups -OCH3 is 1. The van der Waals surface area contributed by atoms with Gasteiger partial charge in [-0.15, -0.1) is 0 Å². The molecule has 0 aliphatic carbocycles. The van der Waals surface area contributed by atoms with Crippen molar-refractivity contribution in [2.75, 3.05) is 19.5 Å². The van der Waals surface area contributed by atoms with E-state index in [4.69, 9.17) is 4.74 Å². The first-order valence-corrected chi connectivity index (χ1v) is 7.11. The van der Waals surface area contributed by atoms with Gasteiger partial charge in [-0.05, 0) is 32.7 Å². The lowest BCUT2D eigenvalue weighted by atomic mass is 9.82. The van der Waals surface area contributed by atoms with Crippen molar-refractivity contribution in [3.63, 3.8) is 0 Å². The number of rotatable bonds is 3. The largest absolute Gasteiger partial charge is 0.481 e. The second-order valence-electron chi connectivity index (χ2n) is 5.66. The van der Waals surface area contributed by atoms with Crippen LogP contribution in [-0.4, -0.2) is 47.2 Å². The number of hydrogen-bond donors (Lipinski definition) is 1. The standard InChI is InChI=1S/C14H22N4O/c1-18-11-4-3-5-12(18)7-10(6-11)17-13-8-14(19-2)16-9-15-13/h8-12H,3-7H2,1-2H3,(H,15,16,17). The van der Waals surface area contributed by atoms with Crippen molar-refractivity contribution < 1.29 is 4.74 Å². The lowest BCUT2D eigenvalue weighted by Crippen LogP contribution is -2.52. The van der Waals surface area contributed by atoms with Crippen molar-refractivity contribution in [3.05, 3.63) is 12.4 Å². The molecule has 2 aliphatic rings. The monoisotopic (exact) mass is 262 g/mol. The van der Waals surface area contributed by atoms with Crippen LogP contribution < -0.4 is 10.1 Å². The summed E-state index contributed by atoms with van der Waals surface area (Å²) < 4.78 is 5.14. The van der Waals surface area contributed by atoms with Crippen LogP contribution in [0.3, 0.4) is 0 Å². The molecule has 2 aliphatic heterocycles. The number of aromatic nitrogens is 2. The van der Waals surface area contributed by atoms with Crippen LogP contribution in [-0.2, 0) is 0 Å². The van der Waals surface area contributed by atoms with Crippen LogP contribution >= 0.6 is 0 Å². The van der Waals surface area contributed by atoms with Crippen LogP contribution in [0.15, 0.2) is 12.4 Å². The first-order chi connectivity index (χ1) is 9.26. The van der Waals surface area contributed by atoms with E-state index in [2.05, 4.69) is 27.2 Å². The molecule has 1 aromatic rings. The molecule has 2 saturated heterocycles. The third-order valence-electron chi connectivity index (χ3n) is 4.54. The maximum atomic E-state index is 5.14. The molecule has 0 amide bonds. The highest BCUT2D eigenvalue weighted by atomic mass is 16.5. The third kappa shape index (κ3) is 2.66. The third-order valence-corrected chi connectivity index (χ3v) is 4.54. The smallest absolute Gasteiger partial charge is 0.218 e. The minimum absolute atomic E-state index is 0.520. The first kappa shape index (κ1) is 12.7. The summed E-state index contributed by atoms with van der Waals surface area (Å²) in [5.41, 5.74) is 0. The molecule has 5 nitrogen and oxygen atoms in total. The fraction of sp³-hybridized carbons (Fsp3) is 0.714. The summed E-state index contributed by atoms with van der Waals surface area (Å²) in [4.78, 5) is 10.9. The van der Waals surface area contributed by atoms with E-state index in [1.54, 1.807) is 13.4 Å². The van der Waals surface area contributed by atoms with Crippen LogP contribution in [0.25, 0.3) is 0 Å². The van der Waals surface area contributed by atoms with Gasteiger partial charge in [0.1, 0.15) is 12.1 Å². The fourth-order valence-corrected chi connectivity index (χ4v) is 3.47. The number of anilines is 1. The van der Waals surface area contributed by atoms with Crippen molar-refractivity contribution in [2.45, 2.75) is 50.2 Å². The number of nitrogens with one attached hydrogen (secondary N) is 1. The van der Waals surface area contributed by atoms with Gasteiger partial charge in [-0.3, -0.25) is 0 Å². The van der Waals surface area contributed by atoms with Gasteiger partial charge in [0.15, 0.2) is 0 Å². The predicted octanol–water partition coefficient (Wildman–Crippen LogP) is 1.91. The first-order valence-electron chi connectivity index (χ1n) is 7.11. The van der Waals surface area contributed by atoms with E-state index in [9.17, 15) is 0 Å². The van der Waals surface area contributed by atoms with Crippen molar-refractivity contribution in [1.82, 2.24) is 14.9 Å². The van der Waals surface area contributed by atoms with E-state index in [1.165, 1.54) is 32.1 Å².